The van der Waals surface area contributed by atoms with Gasteiger partial charge in [-0.3, -0.25) is 4.79 Å². The summed E-state index contributed by atoms with van der Waals surface area (Å²) in [6.07, 6.45) is 4.26. The first-order chi connectivity index (χ1) is 8.27. The van der Waals surface area contributed by atoms with Gasteiger partial charge in [-0.2, -0.15) is 0 Å². The van der Waals surface area contributed by atoms with Crippen LogP contribution in [0.15, 0.2) is 0 Å². The Morgan fingerprint density at radius 3 is 2.17 bits per heavy atom. The van der Waals surface area contributed by atoms with E-state index in [4.69, 9.17) is 5.73 Å². The first kappa shape index (κ1) is 15.5. The molecular formula is C15H30N2O. The van der Waals surface area contributed by atoms with Crippen molar-refractivity contribution >= 4 is 5.91 Å². The van der Waals surface area contributed by atoms with Crippen LogP contribution in [0.3, 0.4) is 0 Å². The van der Waals surface area contributed by atoms with Crippen molar-refractivity contribution in [3.05, 3.63) is 0 Å². The van der Waals surface area contributed by atoms with Gasteiger partial charge in [-0.25, -0.2) is 0 Å². The minimum Gasteiger partial charge on any atom is -0.342 e. The molecule has 0 saturated heterocycles. The Kier molecular flexibility index (Phi) is 5.20. The Hall–Kier alpha value is -0.570. The van der Waals surface area contributed by atoms with Crippen molar-refractivity contribution in [1.29, 1.82) is 0 Å². The molecular weight excluding hydrogens is 224 g/mol. The van der Waals surface area contributed by atoms with Crippen molar-refractivity contribution in [1.82, 2.24) is 4.90 Å². The standard InChI is InChI=1S/C15H30N2O/c1-11(15(2,3)4)17(5)14(18)13-8-6-12(10-16)7-9-13/h11-13H,6-10,16H2,1-5H3. The molecule has 0 aliphatic heterocycles. The predicted octanol–water partition coefficient (Wildman–Crippen LogP) is 2.64. The van der Waals surface area contributed by atoms with Gasteiger partial charge in [0.15, 0.2) is 0 Å². The van der Waals surface area contributed by atoms with Crippen LogP contribution < -0.4 is 5.73 Å². The lowest BCUT2D eigenvalue weighted by molar-refractivity contribution is -0.139. The molecule has 1 atom stereocenters. The van der Waals surface area contributed by atoms with E-state index in [2.05, 4.69) is 27.7 Å². The third-order valence-corrected chi connectivity index (χ3v) is 4.71. The Balaban J connectivity index is 2.55. The first-order valence-electron chi connectivity index (χ1n) is 7.24. The number of hydrogen-bond acceptors (Lipinski definition) is 2. The molecule has 1 rings (SSSR count). The van der Waals surface area contributed by atoms with Crippen LogP contribution in [0.4, 0.5) is 0 Å². The Morgan fingerprint density at radius 2 is 1.78 bits per heavy atom. The van der Waals surface area contributed by atoms with Crippen LogP contribution in [-0.4, -0.2) is 30.4 Å². The maximum absolute atomic E-state index is 12.5. The molecule has 1 saturated carbocycles. The van der Waals surface area contributed by atoms with Gasteiger partial charge in [0.1, 0.15) is 0 Å². The van der Waals surface area contributed by atoms with Crippen LogP contribution in [0.5, 0.6) is 0 Å². The van der Waals surface area contributed by atoms with E-state index < -0.39 is 0 Å². The number of nitrogens with zero attached hydrogens (tertiary/aromatic N) is 1. The van der Waals surface area contributed by atoms with Crippen molar-refractivity contribution < 1.29 is 4.79 Å². The van der Waals surface area contributed by atoms with E-state index in [1.165, 1.54) is 0 Å². The van der Waals surface area contributed by atoms with Crippen molar-refractivity contribution in [2.75, 3.05) is 13.6 Å². The Morgan fingerprint density at radius 1 is 1.28 bits per heavy atom. The molecule has 1 aliphatic carbocycles. The smallest absolute Gasteiger partial charge is 0.225 e. The lowest BCUT2D eigenvalue weighted by Gasteiger charge is -2.38. The van der Waals surface area contributed by atoms with Gasteiger partial charge in [0.05, 0.1) is 0 Å². The fourth-order valence-corrected chi connectivity index (χ4v) is 2.70. The van der Waals surface area contributed by atoms with E-state index in [0.29, 0.717) is 11.8 Å². The van der Waals surface area contributed by atoms with Gasteiger partial charge in [-0.05, 0) is 50.5 Å². The molecule has 0 aromatic carbocycles. The quantitative estimate of drug-likeness (QED) is 0.841. The molecule has 0 heterocycles. The highest BCUT2D eigenvalue weighted by Gasteiger charge is 2.32. The normalized spacial score (nSPS) is 26.8. The average Bonchev–Trinajstić information content (AvgIpc) is 2.35. The second kappa shape index (κ2) is 6.05. The minimum atomic E-state index is 0.138. The highest BCUT2D eigenvalue weighted by molar-refractivity contribution is 5.79. The highest BCUT2D eigenvalue weighted by atomic mass is 16.2. The van der Waals surface area contributed by atoms with Crippen LogP contribution in [-0.2, 0) is 4.79 Å². The summed E-state index contributed by atoms with van der Waals surface area (Å²) >= 11 is 0. The summed E-state index contributed by atoms with van der Waals surface area (Å²) in [5.74, 6) is 1.19. The van der Waals surface area contributed by atoms with Crippen LogP contribution >= 0.6 is 0 Å². The number of nitrogens with two attached hydrogens (primary N) is 1. The summed E-state index contributed by atoms with van der Waals surface area (Å²) < 4.78 is 0. The summed E-state index contributed by atoms with van der Waals surface area (Å²) in [5.41, 5.74) is 5.83. The van der Waals surface area contributed by atoms with Crippen LogP contribution in [0.2, 0.25) is 0 Å². The maximum Gasteiger partial charge on any atom is 0.225 e. The third-order valence-electron chi connectivity index (χ3n) is 4.71. The molecule has 0 bridgehead atoms. The molecule has 18 heavy (non-hydrogen) atoms. The van der Waals surface area contributed by atoms with Gasteiger partial charge < -0.3 is 10.6 Å². The zero-order valence-electron chi connectivity index (χ0n) is 12.7. The van der Waals surface area contributed by atoms with Crippen LogP contribution in [0.25, 0.3) is 0 Å². The largest absolute Gasteiger partial charge is 0.342 e. The topological polar surface area (TPSA) is 46.3 Å². The van der Waals surface area contributed by atoms with E-state index in [1.54, 1.807) is 0 Å². The predicted molar refractivity (Wildman–Crippen MR) is 76.2 cm³/mol. The van der Waals surface area contributed by atoms with E-state index in [1.807, 2.05) is 11.9 Å². The number of rotatable bonds is 3. The zero-order chi connectivity index (χ0) is 13.9. The Bertz CT molecular complexity index is 275. The van der Waals surface area contributed by atoms with E-state index >= 15 is 0 Å². The first-order valence-corrected chi connectivity index (χ1v) is 7.24. The molecule has 0 aromatic rings. The van der Waals surface area contributed by atoms with Gasteiger partial charge in [-0.15, -0.1) is 0 Å². The molecule has 0 spiro atoms. The molecule has 0 aromatic heterocycles. The SMILES string of the molecule is CC(N(C)C(=O)C1CCC(CN)CC1)C(C)(C)C. The second-order valence-electron chi connectivity index (χ2n) is 6.94. The zero-order valence-corrected chi connectivity index (χ0v) is 12.7. The number of carbonyl (C=O) groups is 1. The molecule has 1 fully saturated rings. The molecule has 1 aliphatic rings. The maximum atomic E-state index is 12.5. The average molecular weight is 254 g/mol. The molecule has 1 amide bonds. The molecule has 3 nitrogen and oxygen atoms in total. The van der Waals surface area contributed by atoms with Crippen molar-refractivity contribution in [3.63, 3.8) is 0 Å². The fourth-order valence-electron chi connectivity index (χ4n) is 2.70. The lowest BCUT2D eigenvalue weighted by atomic mass is 9.80. The summed E-state index contributed by atoms with van der Waals surface area (Å²) in [5, 5.41) is 0. The van der Waals surface area contributed by atoms with E-state index in [0.717, 1.165) is 32.2 Å². The molecule has 3 heteroatoms. The Labute approximate surface area is 112 Å². The summed E-state index contributed by atoms with van der Waals surface area (Å²) in [6, 6.07) is 0.275. The second-order valence-corrected chi connectivity index (χ2v) is 6.94. The van der Waals surface area contributed by atoms with Crippen molar-refractivity contribution in [2.24, 2.45) is 23.0 Å². The van der Waals surface area contributed by atoms with Crippen molar-refractivity contribution in [3.8, 4) is 0 Å². The molecule has 1 unspecified atom stereocenters. The summed E-state index contributed by atoms with van der Waals surface area (Å²) in [6.45, 7) is 9.48. The summed E-state index contributed by atoms with van der Waals surface area (Å²) in [4.78, 5) is 14.4. The van der Waals surface area contributed by atoms with Gasteiger partial charge in [-0.1, -0.05) is 20.8 Å². The lowest BCUT2D eigenvalue weighted by Crippen LogP contribution is -2.46. The molecule has 0 radical (unpaired) electrons. The van der Waals surface area contributed by atoms with E-state index in [9.17, 15) is 4.79 Å². The van der Waals surface area contributed by atoms with Crippen LogP contribution in [0.1, 0.15) is 53.4 Å². The van der Waals surface area contributed by atoms with Gasteiger partial charge >= 0.3 is 0 Å². The number of amides is 1. The monoisotopic (exact) mass is 254 g/mol. The number of carbonyl (C=O) groups excluding carboxylic acids is 1. The molecule has 2 N–H and O–H groups in total. The summed E-state index contributed by atoms with van der Waals surface area (Å²) in [7, 11) is 1.95. The van der Waals surface area contributed by atoms with Crippen LogP contribution in [0, 0.1) is 17.3 Å². The number of hydrogen-bond donors (Lipinski definition) is 1. The van der Waals surface area contributed by atoms with E-state index in [-0.39, 0.29) is 17.4 Å². The van der Waals surface area contributed by atoms with Gasteiger partial charge in [0.25, 0.3) is 0 Å². The highest BCUT2D eigenvalue weighted by Crippen LogP contribution is 2.31. The minimum absolute atomic E-state index is 0.138. The van der Waals surface area contributed by atoms with Crippen molar-refractivity contribution in [2.45, 2.75) is 59.4 Å². The van der Waals surface area contributed by atoms with Gasteiger partial charge in [0, 0.05) is 19.0 Å². The van der Waals surface area contributed by atoms with Gasteiger partial charge in [0.2, 0.25) is 5.91 Å². The molecule has 106 valence electrons. The third kappa shape index (κ3) is 3.71. The fraction of sp³-hybridized carbons (Fsp3) is 0.933.